The Morgan fingerprint density at radius 3 is 2.56 bits per heavy atom. The molecule has 0 radical (unpaired) electrons. The summed E-state index contributed by atoms with van der Waals surface area (Å²) in [5, 5.41) is 1.18. The highest BCUT2D eigenvalue weighted by molar-refractivity contribution is 5.80. The third-order valence-electron chi connectivity index (χ3n) is 6.80. The molecule has 0 bridgehead atoms. The van der Waals surface area contributed by atoms with E-state index in [0.29, 0.717) is 18.2 Å². The number of carbonyl (C=O) groups excluding carboxylic acids is 1. The van der Waals surface area contributed by atoms with Gasteiger partial charge < -0.3 is 14.7 Å². The quantitative estimate of drug-likeness (QED) is 0.614. The first-order chi connectivity index (χ1) is 15.8. The van der Waals surface area contributed by atoms with Gasteiger partial charge in [0.15, 0.2) is 0 Å². The van der Waals surface area contributed by atoms with Crippen LogP contribution in [0.5, 0.6) is 0 Å². The number of nitrogens with zero attached hydrogens (tertiary/aromatic N) is 5. The molecule has 2 aliphatic heterocycles. The molecule has 1 atom stereocenters. The van der Waals surface area contributed by atoms with Gasteiger partial charge in [-0.05, 0) is 55.5 Å². The van der Waals surface area contributed by atoms with Gasteiger partial charge in [-0.2, -0.15) is 0 Å². The zero-order chi connectivity index (χ0) is 21.8. The minimum absolute atomic E-state index is 0.298. The van der Waals surface area contributed by atoms with Gasteiger partial charge in [0.2, 0.25) is 5.91 Å². The number of hydrogen-bond donors (Lipinski definition) is 0. The molecule has 0 spiro atoms. The van der Waals surface area contributed by atoms with E-state index in [-0.39, 0.29) is 0 Å². The summed E-state index contributed by atoms with van der Waals surface area (Å²) in [5.41, 5.74) is 1.05. The van der Waals surface area contributed by atoms with E-state index in [2.05, 4.69) is 45.1 Å². The zero-order valence-electron chi connectivity index (χ0n) is 18.6. The fourth-order valence-corrected chi connectivity index (χ4v) is 4.95. The minimum atomic E-state index is 0.298. The fourth-order valence-electron chi connectivity index (χ4n) is 4.95. The Morgan fingerprint density at radius 2 is 1.72 bits per heavy atom. The number of carbonyl (C=O) groups is 1. The van der Waals surface area contributed by atoms with E-state index in [1.807, 2.05) is 35.4 Å². The van der Waals surface area contributed by atoms with Crippen LogP contribution in [0.25, 0.3) is 10.9 Å². The summed E-state index contributed by atoms with van der Waals surface area (Å²) in [6.45, 7) is 5.32. The van der Waals surface area contributed by atoms with Crippen molar-refractivity contribution in [2.75, 3.05) is 49.1 Å². The predicted octanol–water partition coefficient (Wildman–Crippen LogP) is 3.98. The molecule has 5 rings (SSSR count). The summed E-state index contributed by atoms with van der Waals surface area (Å²) in [7, 11) is 0. The average Bonchev–Trinajstić information content (AvgIpc) is 2.88. The molecule has 2 aromatic heterocycles. The molecule has 0 unspecified atom stereocenters. The normalized spacial score (nSPS) is 19.4. The van der Waals surface area contributed by atoms with E-state index in [0.717, 1.165) is 69.3 Å². The maximum atomic E-state index is 12.8. The Balaban J connectivity index is 1.12. The van der Waals surface area contributed by atoms with Gasteiger partial charge in [-0.15, -0.1) is 0 Å². The van der Waals surface area contributed by atoms with Crippen LogP contribution in [0.4, 0.5) is 11.6 Å². The van der Waals surface area contributed by atoms with Gasteiger partial charge in [-0.1, -0.05) is 24.3 Å². The lowest BCUT2D eigenvalue weighted by Gasteiger charge is -2.36. The molecule has 1 aromatic carbocycles. The maximum Gasteiger partial charge on any atom is 0.222 e. The first kappa shape index (κ1) is 20.7. The molecule has 3 aromatic rings. The molecular weight excluding hydrogens is 398 g/mol. The van der Waals surface area contributed by atoms with Crippen LogP contribution in [-0.2, 0) is 4.79 Å². The Morgan fingerprint density at radius 1 is 0.875 bits per heavy atom. The highest BCUT2D eigenvalue weighted by Crippen LogP contribution is 2.26. The van der Waals surface area contributed by atoms with Crippen molar-refractivity contribution < 1.29 is 4.79 Å². The number of aromatic nitrogens is 2. The van der Waals surface area contributed by atoms with Crippen molar-refractivity contribution in [1.29, 1.82) is 0 Å². The summed E-state index contributed by atoms with van der Waals surface area (Å²) >= 11 is 0. The van der Waals surface area contributed by atoms with E-state index in [1.54, 1.807) is 0 Å². The first-order valence-electron chi connectivity index (χ1n) is 11.8. The number of benzene rings is 1. The number of piperidine rings is 1. The van der Waals surface area contributed by atoms with Gasteiger partial charge in [-0.3, -0.25) is 4.79 Å². The van der Waals surface area contributed by atoms with Crippen LogP contribution in [0.2, 0.25) is 0 Å². The molecule has 6 heteroatoms. The molecule has 6 nitrogen and oxygen atoms in total. The first-order valence-corrected chi connectivity index (χ1v) is 11.8. The Hall–Kier alpha value is -3.15. The summed E-state index contributed by atoms with van der Waals surface area (Å²) < 4.78 is 0. The van der Waals surface area contributed by atoms with E-state index in [4.69, 9.17) is 4.98 Å². The van der Waals surface area contributed by atoms with Crippen molar-refractivity contribution in [2.45, 2.75) is 25.7 Å². The molecule has 166 valence electrons. The van der Waals surface area contributed by atoms with Crippen LogP contribution in [0.15, 0.2) is 60.8 Å². The number of hydrogen-bond acceptors (Lipinski definition) is 5. The SMILES string of the molecule is O=C(CC[C@H]1CCCN(c2ccc3ccccc3n2)C1)N1CCN(c2ccccn2)CC1. The van der Waals surface area contributed by atoms with E-state index in [9.17, 15) is 4.79 Å². The molecule has 2 saturated heterocycles. The van der Waals surface area contributed by atoms with Crippen LogP contribution >= 0.6 is 0 Å². The minimum Gasteiger partial charge on any atom is -0.356 e. The molecule has 4 heterocycles. The number of rotatable bonds is 5. The van der Waals surface area contributed by atoms with E-state index < -0.39 is 0 Å². The number of amides is 1. The highest BCUT2D eigenvalue weighted by Gasteiger charge is 2.25. The molecule has 0 aliphatic carbocycles. The van der Waals surface area contributed by atoms with E-state index in [1.165, 1.54) is 11.8 Å². The summed E-state index contributed by atoms with van der Waals surface area (Å²) in [6.07, 6.45) is 5.80. The van der Waals surface area contributed by atoms with Crippen LogP contribution in [0.1, 0.15) is 25.7 Å². The van der Waals surface area contributed by atoms with Crippen LogP contribution in [-0.4, -0.2) is 60.0 Å². The van der Waals surface area contributed by atoms with E-state index >= 15 is 0 Å². The van der Waals surface area contributed by atoms with Gasteiger partial charge in [0, 0.05) is 57.3 Å². The average molecular weight is 430 g/mol. The van der Waals surface area contributed by atoms with Crippen molar-refractivity contribution in [1.82, 2.24) is 14.9 Å². The molecular formula is C26H31N5O. The molecule has 1 amide bonds. The third kappa shape index (κ3) is 4.69. The molecule has 0 N–H and O–H groups in total. The topological polar surface area (TPSA) is 52.6 Å². The van der Waals surface area contributed by atoms with Gasteiger partial charge in [0.1, 0.15) is 11.6 Å². The Labute approximate surface area is 189 Å². The summed E-state index contributed by atoms with van der Waals surface area (Å²) in [4.78, 5) is 28.8. The number of para-hydroxylation sites is 1. The number of pyridine rings is 2. The lowest BCUT2D eigenvalue weighted by Crippen LogP contribution is -2.49. The lowest BCUT2D eigenvalue weighted by atomic mass is 9.93. The lowest BCUT2D eigenvalue weighted by molar-refractivity contribution is -0.131. The van der Waals surface area contributed by atoms with Crippen LogP contribution < -0.4 is 9.80 Å². The second-order valence-electron chi connectivity index (χ2n) is 8.91. The number of fused-ring (bicyclic) bond motifs is 1. The standard InChI is InChI=1S/C26H31N5O/c32-26(30-18-16-29(17-19-30)24-9-3-4-14-27-24)13-10-21-6-5-15-31(20-21)25-12-11-22-7-1-2-8-23(22)28-25/h1-4,7-9,11-12,14,21H,5-6,10,13,15-20H2/t21-/m1/s1. The zero-order valence-corrected chi connectivity index (χ0v) is 18.6. The monoisotopic (exact) mass is 429 g/mol. The third-order valence-corrected chi connectivity index (χ3v) is 6.80. The van der Waals surface area contributed by atoms with Gasteiger partial charge in [0.25, 0.3) is 0 Å². The summed E-state index contributed by atoms with van der Waals surface area (Å²) in [5.74, 6) is 2.91. The number of piperazine rings is 1. The van der Waals surface area contributed by atoms with Crippen molar-refractivity contribution in [2.24, 2.45) is 5.92 Å². The largest absolute Gasteiger partial charge is 0.356 e. The second kappa shape index (κ2) is 9.55. The second-order valence-corrected chi connectivity index (χ2v) is 8.91. The molecule has 2 aliphatic rings. The smallest absolute Gasteiger partial charge is 0.222 e. The molecule has 32 heavy (non-hydrogen) atoms. The number of anilines is 2. The Bertz CT molecular complexity index is 1050. The predicted molar refractivity (Wildman–Crippen MR) is 129 cm³/mol. The van der Waals surface area contributed by atoms with Crippen LogP contribution in [0.3, 0.4) is 0 Å². The van der Waals surface area contributed by atoms with Crippen molar-refractivity contribution >= 4 is 28.4 Å². The van der Waals surface area contributed by atoms with Gasteiger partial charge in [0.05, 0.1) is 5.52 Å². The summed E-state index contributed by atoms with van der Waals surface area (Å²) in [6, 6.07) is 18.6. The maximum absolute atomic E-state index is 12.8. The van der Waals surface area contributed by atoms with Crippen LogP contribution in [0, 0.1) is 5.92 Å². The fraction of sp³-hybridized carbons (Fsp3) is 0.423. The highest BCUT2D eigenvalue weighted by atomic mass is 16.2. The van der Waals surface area contributed by atoms with Gasteiger partial charge >= 0.3 is 0 Å². The molecule has 2 fully saturated rings. The van der Waals surface area contributed by atoms with Gasteiger partial charge in [-0.25, -0.2) is 9.97 Å². The van der Waals surface area contributed by atoms with Crippen molar-refractivity contribution in [3.63, 3.8) is 0 Å². The van der Waals surface area contributed by atoms with Crippen molar-refractivity contribution in [3.8, 4) is 0 Å². The molecule has 0 saturated carbocycles. The Kier molecular flexibility index (Phi) is 6.19. The van der Waals surface area contributed by atoms with Crippen molar-refractivity contribution in [3.05, 3.63) is 60.8 Å².